The van der Waals surface area contributed by atoms with Gasteiger partial charge in [0, 0.05) is 21.6 Å². The highest BCUT2D eigenvalue weighted by Gasteiger charge is 2.34. The zero-order valence-electron chi connectivity index (χ0n) is 16.2. The number of benzene rings is 2. The summed E-state index contributed by atoms with van der Waals surface area (Å²) < 4.78 is 42.5. The van der Waals surface area contributed by atoms with Gasteiger partial charge in [-0.05, 0) is 49.7 Å². The van der Waals surface area contributed by atoms with Crippen molar-refractivity contribution in [3.05, 3.63) is 88.0 Å². The van der Waals surface area contributed by atoms with E-state index >= 15 is 0 Å². The molecule has 0 radical (unpaired) electrons. The van der Waals surface area contributed by atoms with Gasteiger partial charge in [0.25, 0.3) is 11.8 Å². The van der Waals surface area contributed by atoms with Crippen LogP contribution in [0.25, 0.3) is 0 Å². The van der Waals surface area contributed by atoms with Crippen molar-refractivity contribution in [2.45, 2.75) is 29.6 Å². The number of carbonyl (C=O) groups excluding carboxylic acids is 1. The molecule has 0 unspecified atom stereocenters. The van der Waals surface area contributed by atoms with Gasteiger partial charge in [-0.15, -0.1) is 0 Å². The van der Waals surface area contributed by atoms with Crippen LogP contribution < -0.4 is 5.32 Å². The molecule has 30 heavy (non-hydrogen) atoms. The van der Waals surface area contributed by atoms with Crippen molar-refractivity contribution in [2.24, 2.45) is 0 Å². The number of aryl methyl sites for hydroxylation is 2. The number of aromatic nitrogens is 1. The highest BCUT2D eigenvalue weighted by molar-refractivity contribution is 7.99. The SMILES string of the molecule is Cc1ccc(C(F)(F)CNC(=O)c2cc(Cl)ncc2Sc2ccc(F)cc2)c(C)c1. The fourth-order valence-corrected chi connectivity index (χ4v) is 3.96. The van der Waals surface area contributed by atoms with Gasteiger partial charge in [0.1, 0.15) is 11.0 Å². The van der Waals surface area contributed by atoms with Crippen molar-refractivity contribution in [3.63, 3.8) is 0 Å². The van der Waals surface area contributed by atoms with Gasteiger partial charge in [0.05, 0.1) is 12.1 Å². The monoisotopic (exact) mass is 450 g/mol. The van der Waals surface area contributed by atoms with Crippen molar-refractivity contribution in [2.75, 3.05) is 6.54 Å². The number of halogens is 4. The molecule has 0 aliphatic rings. The first kappa shape index (κ1) is 22.2. The summed E-state index contributed by atoms with van der Waals surface area (Å²) in [5, 5.41) is 2.35. The normalized spacial score (nSPS) is 11.4. The molecule has 0 saturated heterocycles. The van der Waals surface area contributed by atoms with Crippen molar-refractivity contribution >= 4 is 29.3 Å². The van der Waals surface area contributed by atoms with E-state index in [1.54, 1.807) is 31.2 Å². The summed E-state index contributed by atoms with van der Waals surface area (Å²) in [5.74, 6) is -4.33. The number of nitrogens with one attached hydrogen (secondary N) is 1. The summed E-state index contributed by atoms with van der Waals surface area (Å²) in [7, 11) is 0. The molecule has 3 rings (SSSR count). The van der Waals surface area contributed by atoms with E-state index in [0.29, 0.717) is 15.4 Å². The van der Waals surface area contributed by atoms with E-state index in [1.165, 1.54) is 30.5 Å². The summed E-state index contributed by atoms with van der Waals surface area (Å²) in [6.07, 6.45) is 1.38. The lowest BCUT2D eigenvalue weighted by molar-refractivity contribution is -0.00310. The maximum atomic E-state index is 14.7. The fraction of sp³-hybridized carbons (Fsp3) is 0.182. The van der Waals surface area contributed by atoms with Crippen LogP contribution in [0.1, 0.15) is 27.0 Å². The van der Waals surface area contributed by atoms with E-state index in [-0.39, 0.29) is 22.1 Å². The topological polar surface area (TPSA) is 42.0 Å². The predicted molar refractivity (Wildman–Crippen MR) is 112 cm³/mol. The summed E-state index contributed by atoms with van der Waals surface area (Å²) in [4.78, 5) is 17.7. The maximum Gasteiger partial charge on any atom is 0.290 e. The smallest absolute Gasteiger partial charge is 0.290 e. The van der Waals surface area contributed by atoms with Crippen LogP contribution >= 0.6 is 23.4 Å². The van der Waals surface area contributed by atoms with Crippen LogP contribution in [0.3, 0.4) is 0 Å². The van der Waals surface area contributed by atoms with Gasteiger partial charge >= 0.3 is 0 Å². The predicted octanol–water partition coefficient (Wildman–Crippen LogP) is 6.16. The molecule has 1 heterocycles. The Labute approximate surface area is 181 Å². The molecular weight excluding hydrogens is 433 g/mol. The largest absolute Gasteiger partial charge is 0.346 e. The van der Waals surface area contributed by atoms with Crippen LogP contribution in [0.15, 0.2) is 64.5 Å². The molecule has 1 amide bonds. The average molecular weight is 451 g/mol. The van der Waals surface area contributed by atoms with Gasteiger partial charge in [-0.3, -0.25) is 4.79 Å². The van der Waals surface area contributed by atoms with Crippen LogP contribution in [-0.4, -0.2) is 17.4 Å². The Morgan fingerprint density at radius 3 is 2.50 bits per heavy atom. The van der Waals surface area contributed by atoms with E-state index in [4.69, 9.17) is 11.6 Å². The third kappa shape index (κ3) is 5.34. The molecule has 0 atom stereocenters. The highest BCUT2D eigenvalue weighted by atomic mass is 35.5. The number of hydrogen-bond acceptors (Lipinski definition) is 3. The molecule has 1 N–H and O–H groups in total. The minimum absolute atomic E-state index is 0.0599. The Morgan fingerprint density at radius 1 is 1.13 bits per heavy atom. The first-order valence-electron chi connectivity index (χ1n) is 8.98. The third-order valence-corrected chi connectivity index (χ3v) is 5.63. The Morgan fingerprint density at radius 2 is 1.83 bits per heavy atom. The maximum absolute atomic E-state index is 14.7. The second-order valence-corrected chi connectivity index (χ2v) is 8.27. The summed E-state index contributed by atoms with van der Waals surface area (Å²) in [6.45, 7) is 2.57. The number of nitrogens with zero attached hydrogens (tertiary/aromatic N) is 1. The number of amides is 1. The number of rotatable bonds is 6. The van der Waals surface area contributed by atoms with Gasteiger partial charge in [0.15, 0.2) is 0 Å². The quantitative estimate of drug-likeness (QED) is 0.457. The third-order valence-electron chi connectivity index (χ3n) is 4.37. The first-order valence-corrected chi connectivity index (χ1v) is 10.2. The van der Waals surface area contributed by atoms with Crippen LogP contribution in [0, 0.1) is 19.7 Å². The molecule has 1 aromatic heterocycles. The van der Waals surface area contributed by atoms with E-state index in [2.05, 4.69) is 10.3 Å². The van der Waals surface area contributed by atoms with Gasteiger partial charge in [-0.25, -0.2) is 9.37 Å². The molecular formula is C22H18ClF3N2OS. The van der Waals surface area contributed by atoms with Crippen LogP contribution in [0.2, 0.25) is 5.15 Å². The Balaban J connectivity index is 1.79. The lowest BCUT2D eigenvalue weighted by atomic mass is 10.00. The Kier molecular flexibility index (Phi) is 6.73. The number of alkyl halides is 2. The van der Waals surface area contributed by atoms with Crippen molar-refractivity contribution in [3.8, 4) is 0 Å². The van der Waals surface area contributed by atoms with Crippen LogP contribution in [0.5, 0.6) is 0 Å². The van der Waals surface area contributed by atoms with Crippen molar-refractivity contribution in [1.29, 1.82) is 0 Å². The van der Waals surface area contributed by atoms with Gasteiger partial charge in [-0.1, -0.05) is 47.1 Å². The standard InChI is InChI=1S/C22H18ClF3N2OS/c1-13-3-8-18(14(2)9-13)22(25,26)12-28-21(29)17-10-20(23)27-11-19(17)30-16-6-4-15(24)5-7-16/h3-11H,12H2,1-2H3,(H,28,29). The van der Waals surface area contributed by atoms with Crippen molar-refractivity contribution < 1.29 is 18.0 Å². The summed E-state index contributed by atoms with van der Waals surface area (Å²) in [5.41, 5.74) is 1.31. The number of hydrogen-bond donors (Lipinski definition) is 1. The number of carbonyl (C=O) groups is 1. The van der Waals surface area contributed by atoms with E-state index in [0.717, 1.165) is 17.3 Å². The van der Waals surface area contributed by atoms with E-state index < -0.39 is 18.4 Å². The molecule has 0 bridgehead atoms. The zero-order valence-corrected chi connectivity index (χ0v) is 17.8. The second kappa shape index (κ2) is 9.10. The lowest BCUT2D eigenvalue weighted by Gasteiger charge is -2.20. The molecule has 0 aliphatic carbocycles. The van der Waals surface area contributed by atoms with Crippen LogP contribution in [0.4, 0.5) is 13.2 Å². The lowest BCUT2D eigenvalue weighted by Crippen LogP contribution is -2.35. The van der Waals surface area contributed by atoms with E-state index in [1.807, 2.05) is 6.92 Å². The van der Waals surface area contributed by atoms with Gasteiger partial charge in [-0.2, -0.15) is 8.78 Å². The summed E-state index contributed by atoms with van der Waals surface area (Å²) in [6, 6.07) is 11.6. The molecule has 0 fully saturated rings. The molecule has 0 saturated carbocycles. The average Bonchev–Trinajstić information content (AvgIpc) is 2.69. The minimum Gasteiger partial charge on any atom is -0.346 e. The fourth-order valence-electron chi connectivity index (χ4n) is 2.91. The Bertz CT molecular complexity index is 1070. The highest BCUT2D eigenvalue weighted by Crippen LogP contribution is 2.33. The Hall–Kier alpha value is -2.51. The first-order chi connectivity index (χ1) is 14.2. The molecule has 2 aromatic carbocycles. The molecule has 3 nitrogen and oxygen atoms in total. The summed E-state index contributed by atoms with van der Waals surface area (Å²) >= 11 is 7.07. The molecule has 3 aromatic rings. The second-order valence-electron chi connectivity index (χ2n) is 6.76. The minimum atomic E-state index is -3.24. The molecule has 8 heteroatoms. The molecule has 0 aliphatic heterocycles. The van der Waals surface area contributed by atoms with Gasteiger partial charge < -0.3 is 5.32 Å². The van der Waals surface area contributed by atoms with Crippen LogP contribution in [-0.2, 0) is 5.92 Å². The van der Waals surface area contributed by atoms with Gasteiger partial charge in [0.2, 0.25) is 0 Å². The van der Waals surface area contributed by atoms with Crippen molar-refractivity contribution in [1.82, 2.24) is 10.3 Å². The van der Waals surface area contributed by atoms with E-state index in [9.17, 15) is 18.0 Å². The number of pyridine rings is 1. The molecule has 0 spiro atoms. The molecule has 156 valence electrons. The zero-order chi connectivity index (χ0) is 21.9.